The molecule has 0 aliphatic rings. The van der Waals surface area contributed by atoms with Gasteiger partial charge in [0.25, 0.3) is 0 Å². The largest absolute Gasteiger partial charge is 0.508 e. The molecule has 16 heavy (non-hydrogen) atoms. The molecule has 1 heteroatoms. The van der Waals surface area contributed by atoms with Crippen molar-refractivity contribution in [2.45, 2.75) is 59.3 Å². The Kier molecular flexibility index (Phi) is 5.37. The van der Waals surface area contributed by atoms with Crippen LogP contribution in [-0.4, -0.2) is 5.11 Å². The van der Waals surface area contributed by atoms with Gasteiger partial charge in [0.2, 0.25) is 0 Å². The topological polar surface area (TPSA) is 20.2 Å². The number of hydrogen-bond donors (Lipinski definition) is 1. The minimum absolute atomic E-state index is 0.450. The van der Waals surface area contributed by atoms with E-state index in [1.54, 1.807) is 0 Å². The molecule has 1 aromatic carbocycles. The fourth-order valence-corrected chi connectivity index (χ4v) is 2.00. The van der Waals surface area contributed by atoms with Crippen LogP contribution >= 0.6 is 0 Å². The lowest BCUT2D eigenvalue weighted by Crippen LogP contribution is -1.96. The highest BCUT2D eigenvalue weighted by molar-refractivity contribution is 5.41. The number of phenolic OH excluding ortho intramolecular Hbond substituents is 1. The summed E-state index contributed by atoms with van der Waals surface area (Å²) in [5.74, 6) is 0.450. The number of aromatic hydroxyl groups is 1. The first kappa shape index (κ1) is 13.1. The number of hydrogen-bond acceptors (Lipinski definition) is 1. The average Bonchev–Trinajstić information content (AvgIpc) is 2.28. The Bertz CT molecular complexity index is 295. The second-order valence-corrected chi connectivity index (χ2v) is 4.61. The second-order valence-electron chi connectivity index (χ2n) is 4.61. The van der Waals surface area contributed by atoms with E-state index in [0.29, 0.717) is 5.75 Å². The van der Waals surface area contributed by atoms with E-state index in [9.17, 15) is 5.11 Å². The maximum Gasteiger partial charge on any atom is 0.118 e. The number of rotatable bonds is 6. The van der Waals surface area contributed by atoms with Crippen LogP contribution < -0.4 is 0 Å². The Morgan fingerprint density at radius 3 is 1.94 bits per heavy atom. The van der Waals surface area contributed by atoms with E-state index in [4.69, 9.17) is 0 Å². The Balaban J connectivity index is 2.87. The highest BCUT2D eigenvalue weighted by atomic mass is 16.3. The predicted molar refractivity (Wildman–Crippen MR) is 70.1 cm³/mol. The van der Waals surface area contributed by atoms with Crippen molar-refractivity contribution in [2.24, 2.45) is 0 Å². The van der Waals surface area contributed by atoms with Crippen LogP contribution in [0.15, 0.2) is 12.1 Å². The van der Waals surface area contributed by atoms with E-state index < -0.39 is 0 Å². The summed E-state index contributed by atoms with van der Waals surface area (Å²) in [7, 11) is 0. The summed E-state index contributed by atoms with van der Waals surface area (Å²) in [4.78, 5) is 0. The Morgan fingerprint density at radius 1 is 0.938 bits per heavy atom. The zero-order valence-electron chi connectivity index (χ0n) is 10.8. The molecular weight excluding hydrogens is 196 g/mol. The molecule has 0 saturated carbocycles. The van der Waals surface area contributed by atoms with Crippen molar-refractivity contribution < 1.29 is 5.11 Å². The van der Waals surface area contributed by atoms with Crippen molar-refractivity contribution in [3.63, 3.8) is 0 Å². The summed E-state index contributed by atoms with van der Waals surface area (Å²) in [5, 5.41) is 9.75. The number of phenols is 1. The van der Waals surface area contributed by atoms with E-state index in [-0.39, 0.29) is 0 Å². The van der Waals surface area contributed by atoms with Crippen molar-refractivity contribution >= 4 is 0 Å². The minimum atomic E-state index is 0.450. The van der Waals surface area contributed by atoms with Crippen LogP contribution in [0.1, 0.15) is 56.2 Å². The van der Waals surface area contributed by atoms with Gasteiger partial charge in [-0.2, -0.15) is 0 Å². The van der Waals surface area contributed by atoms with Crippen LogP contribution in [-0.2, 0) is 12.8 Å². The van der Waals surface area contributed by atoms with Gasteiger partial charge < -0.3 is 5.11 Å². The third kappa shape index (κ3) is 3.55. The standard InChI is InChI=1S/C15H24O/c1-4-6-8-13-10-12(3)15(16)11-14(13)9-7-5-2/h10-11,16H,4-9H2,1-3H3. The highest BCUT2D eigenvalue weighted by Gasteiger charge is 2.06. The summed E-state index contributed by atoms with van der Waals surface area (Å²) in [5.41, 5.74) is 3.79. The molecule has 0 bridgehead atoms. The lowest BCUT2D eigenvalue weighted by atomic mass is 9.95. The first-order valence-electron chi connectivity index (χ1n) is 6.50. The zero-order chi connectivity index (χ0) is 12.0. The smallest absolute Gasteiger partial charge is 0.118 e. The second kappa shape index (κ2) is 6.57. The summed E-state index contributed by atoms with van der Waals surface area (Å²) in [6.45, 7) is 6.41. The normalized spacial score (nSPS) is 10.7. The Hall–Kier alpha value is -0.980. The molecular formula is C15H24O. The first-order valence-corrected chi connectivity index (χ1v) is 6.50. The maximum absolute atomic E-state index is 9.75. The van der Waals surface area contributed by atoms with Crippen LogP contribution in [0.25, 0.3) is 0 Å². The summed E-state index contributed by atoms with van der Waals surface area (Å²) < 4.78 is 0. The molecule has 0 unspecified atom stereocenters. The molecule has 0 amide bonds. The van der Waals surface area contributed by atoms with Crippen molar-refractivity contribution in [3.05, 3.63) is 28.8 Å². The Morgan fingerprint density at radius 2 is 1.44 bits per heavy atom. The predicted octanol–water partition coefficient (Wildman–Crippen LogP) is 4.39. The number of benzene rings is 1. The van der Waals surface area contributed by atoms with E-state index >= 15 is 0 Å². The SMILES string of the molecule is CCCCc1cc(C)c(O)cc1CCCC. The molecule has 1 rings (SSSR count). The summed E-state index contributed by atoms with van der Waals surface area (Å²) >= 11 is 0. The molecule has 0 aromatic heterocycles. The fraction of sp³-hybridized carbons (Fsp3) is 0.600. The lowest BCUT2D eigenvalue weighted by Gasteiger charge is -2.11. The number of aryl methyl sites for hydroxylation is 3. The minimum Gasteiger partial charge on any atom is -0.508 e. The van der Waals surface area contributed by atoms with Gasteiger partial charge in [0, 0.05) is 0 Å². The van der Waals surface area contributed by atoms with Crippen LogP contribution in [0.2, 0.25) is 0 Å². The molecule has 0 fully saturated rings. The molecule has 0 saturated heterocycles. The van der Waals surface area contributed by atoms with Crippen LogP contribution in [0, 0.1) is 6.92 Å². The van der Waals surface area contributed by atoms with E-state index in [1.807, 2.05) is 13.0 Å². The van der Waals surface area contributed by atoms with Gasteiger partial charge in [-0.15, -0.1) is 0 Å². The third-order valence-corrected chi connectivity index (χ3v) is 3.12. The van der Waals surface area contributed by atoms with Gasteiger partial charge in [-0.25, -0.2) is 0 Å². The molecule has 0 aliphatic heterocycles. The van der Waals surface area contributed by atoms with Gasteiger partial charge in [-0.05, 0) is 55.4 Å². The van der Waals surface area contributed by atoms with Gasteiger partial charge in [0.1, 0.15) is 5.75 Å². The van der Waals surface area contributed by atoms with Gasteiger partial charge >= 0.3 is 0 Å². The molecule has 1 nitrogen and oxygen atoms in total. The molecule has 0 heterocycles. The van der Waals surface area contributed by atoms with Crippen LogP contribution in [0.4, 0.5) is 0 Å². The zero-order valence-corrected chi connectivity index (χ0v) is 10.8. The van der Waals surface area contributed by atoms with Crippen molar-refractivity contribution in [1.29, 1.82) is 0 Å². The molecule has 0 spiro atoms. The van der Waals surface area contributed by atoms with Gasteiger partial charge in [-0.3, -0.25) is 0 Å². The third-order valence-electron chi connectivity index (χ3n) is 3.12. The van der Waals surface area contributed by atoms with E-state index in [0.717, 1.165) is 18.4 Å². The Labute approximate surface area is 99.5 Å². The quantitative estimate of drug-likeness (QED) is 0.754. The molecule has 1 aromatic rings. The van der Waals surface area contributed by atoms with Gasteiger partial charge in [-0.1, -0.05) is 32.8 Å². The van der Waals surface area contributed by atoms with Crippen LogP contribution in [0.5, 0.6) is 5.75 Å². The molecule has 0 aliphatic carbocycles. The molecule has 90 valence electrons. The maximum atomic E-state index is 9.75. The van der Waals surface area contributed by atoms with E-state index in [2.05, 4.69) is 19.9 Å². The molecule has 0 radical (unpaired) electrons. The van der Waals surface area contributed by atoms with Crippen molar-refractivity contribution in [1.82, 2.24) is 0 Å². The van der Waals surface area contributed by atoms with E-state index in [1.165, 1.54) is 36.8 Å². The van der Waals surface area contributed by atoms with Crippen molar-refractivity contribution in [3.8, 4) is 5.75 Å². The summed E-state index contributed by atoms with van der Waals surface area (Å²) in [6.07, 6.45) is 7.14. The average molecular weight is 220 g/mol. The number of unbranched alkanes of at least 4 members (excludes halogenated alkanes) is 2. The lowest BCUT2D eigenvalue weighted by molar-refractivity contribution is 0.469. The molecule has 0 atom stereocenters. The first-order chi connectivity index (χ1) is 7.69. The monoisotopic (exact) mass is 220 g/mol. The van der Waals surface area contributed by atoms with Crippen LogP contribution in [0.3, 0.4) is 0 Å². The molecule has 1 N–H and O–H groups in total. The van der Waals surface area contributed by atoms with Crippen molar-refractivity contribution in [2.75, 3.05) is 0 Å². The summed E-state index contributed by atoms with van der Waals surface area (Å²) in [6, 6.07) is 4.13. The fourth-order valence-electron chi connectivity index (χ4n) is 2.00. The highest BCUT2D eigenvalue weighted by Crippen LogP contribution is 2.24. The van der Waals surface area contributed by atoms with Gasteiger partial charge in [0.15, 0.2) is 0 Å². The van der Waals surface area contributed by atoms with Gasteiger partial charge in [0.05, 0.1) is 0 Å².